The Morgan fingerprint density at radius 3 is 1.89 bits per heavy atom. The third-order valence-corrected chi connectivity index (χ3v) is 3.72. The highest BCUT2D eigenvalue weighted by molar-refractivity contribution is 9.09. The number of hydrogen-bond acceptors (Lipinski definition) is 2. The monoisotopic (exact) mass is 304 g/mol. The molecule has 0 bridgehead atoms. The average Bonchev–Trinajstić information content (AvgIpc) is 2.46. The summed E-state index contributed by atoms with van der Waals surface area (Å²) in [4.78, 5) is 10.6. The van der Waals surface area contributed by atoms with Gasteiger partial charge in [-0.1, -0.05) is 76.6 Å². The zero-order valence-electron chi connectivity index (χ0n) is 9.70. The first-order valence-corrected chi connectivity index (χ1v) is 6.57. The van der Waals surface area contributed by atoms with Gasteiger partial charge in [0.1, 0.15) is 6.10 Å². The van der Waals surface area contributed by atoms with Gasteiger partial charge in [0.25, 0.3) is 6.47 Å². The van der Waals surface area contributed by atoms with Crippen LogP contribution in [0.4, 0.5) is 0 Å². The third kappa shape index (κ3) is 2.99. The second-order valence-corrected chi connectivity index (χ2v) is 4.86. The smallest absolute Gasteiger partial charge is 0.293 e. The van der Waals surface area contributed by atoms with Crippen LogP contribution in [-0.2, 0) is 9.53 Å². The number of hydrogen-bond donors (Lipinski definition) is 0. The van der Waals surface area contributed by atoms with E-state index in [0.29, 0.717) is 6.47 Å². The highest BCUT2D eigenvalue weighted by Gasteiger charge is 2.23. The number of carbonyl (C=O) groups is 1. The first-order chi connectivity index (χ1) is 8.83. The highest BCUT2D eigenvalue weighted by atomic mass is 79.9. The van der Waals surface area contributed by atoms with Gasteiger partial charge in [0, 0.05) is 0 Å². The van der Waals surface area contributed by atoms with Crippen LogP contribution in [0.5, 0.6) is 0 Å². The standard InChI is InChI=1S/C15H13BrO2/c16-14(12-7-3-1-4-8-12)15(18-11-17)13-9-5-2-6-10-13/h1-11,14-15H. The van der Waals surface area contributed by atoms with Crippen molar-refractivity contribution in [2.45, 2.75) is 10.9 Å². The first-order valence-electron chi connectivity index (χ1n) is 5.66. The molecule has 2 aromatic rings. The second-order valence-electron chi connectivity index (χ2n) is 3.88. The molecule has 3 heteroatoms. The maximum atomic E-state index is 10.7. The highest BCUT2D eigenvalue weighted by Crippen LogP contribution is 2.38. The number of ether oxygens (including phenoxy) is 1. The quantitative estimate of drug-likeness (QED) is 0.615. The molecule has 0 aliphatic rings. The Morgan fingerprint density at radius 1 is 0.889 bits per heavy atom. The molecule has 0 aliphatic heterocycles. The molecule has 2 unspecified atom stereocenters. The van der Waals surface area contributed by atoms with E-state index >= 15 is 0 Å². The molecule has 2 nitrogen and oxygen atoms in total. The van der Waals surface area contributed by atoms with Crippen molar-refractivity contribution in [1.29, 1.82) is 0 Å². The van der Waals surface area contributed by atoms with E-state index in [0.717, 1.165) is 11.1 Å². The van der Waals surface area contributed by atoms with Gasteiger partial charge >= 0.3 is 0 Å². The molecule has 0 aliphatic carbocycles. The van der Waals surface area contributed by atoms with Crippen molar-refractivity contribution >= 4 is 22.4 Å². The number of rotatable bonds is 5. The molecule has 18 heavy (non-hydrogen) atoms. The lowest BCUT2D eigenvalue weighted by molar-refractivity contribution is -0.133. The normalized spacial score (nSPS) is 13.6. The summed E-state index contributed by atoms with van der Waals surface area (Å²) in [5.74, 6) is 0. The summed E-state index contributed by atoms with van der Waals surface area (Å²) in [6, 6.07) is 19.6. The lowest BCUT2D eigenvalue weighted by atomic mass is 10.0. The molecule has 0 fully saturated rings. The van der Waals surface area contributed by atoms with Crippen LogP contribution in [-0.4, -0.2) is 6.47 Å². The molecule has 0 radical (unpaired) electrons. The maximum absolute atomic E-state index is 10.7. The minimum absolute atomic E-state index is 0.0636. The molecule has 0 saturated carbocycles. The molecular formula is C15H13BrO2. The Labute approximate surface area is 115 Å². The lowest BCUT2D eigenvalue weighted by Gasteiger charge is -2.21. The number of carbonyl (C=O) groups excluding carboxylic acids is 1. The molecule has 2 rings (SSSR count). The van der Waals surface area contributed by atoms with Gasteiger partial charge in [-0.2, -0.15) is 0 Å². The number of benzene rings is 2. The fourth-order valence-corrected chi connectivity index (χ4v) is 2.57. The summed E-state index contributed by atoms with van der Waals surface area (Å²) < 4.78 is 5.22. The molecule has 0 heterocycles. The Bertz CT molecular complexity index is 484. The SMILES string of the molecule is O=COC(c1ccccc1)C(Br)c1ccccc1. The van der Waals surface area contributed by atoms with E-state index in [-0.39, 0.29) is 10.9 Å². The maximum Gasteiger partial charge on any atom is 0.293 e. The summed E-state index contributed by atoms with van der Waals surface area (Å²) >= 11 is 3.61. The molecule has 0 amide bonds. The van der Waals surface area contributed by atoms with E-state index in [4.69, 9.17) is 4.74 Å². The Morgan fingerprint density at radius 2 is 1.39 bits per heavy atom. The van der Waals surface area contributed by atoms with E-state index < -0.39 is 0 Å². The topological polar surface area (TPSA) is 26.3 Å². The fourth-order valence-electron chi connectivity index (χ4n) is 1.83. The van der Waals surface area contributed by atoms with Gasteiger partial charge in [0.05, 0.1) is 4.83 Å². The fraction of sp³-hybridized carbons (Fsp3) is 0.133. The van der Waals surface area contributed by atoms with Gasteiger partial charge in [0.15, 0.2) is 0 Å². The van der Waals surface area contributed by atoms with Crippen molar-refractivity contribution < 1.29 is 9.53 Å². The second kappa shape index (κ2) is 6.36. The molecule has 0 saturated heterocycles. The molecular weight excluding hydrogens is 292 g/mol. The van der Waals surface area contributed by atoms with E-state index in [1.807, 2.05) is 60.7 Å². The van der Waals surface area contributed by atoms with Gasteiger partial charge in [-0.05, 0) is 11.1 Å². The van der Waals surface area contributed by atoms with Crippen LogP contribution >= 0.6 is 15.9 Å². The Kier molecular flexibility index (Phi) is 4.53. The van der Waals surface area contributed by atoms with Crippen molar-refractivity contribution in [3.63, 3.8) is 0 Å². The van der Waals surface area contributed by atoms with Crippen LogP contribution < -0.4 is 0 Å². The summed E-state index contributed by atoms with van der Waals surface area (Å²) in [5, 5.41) is 0. The molecule has 0 N–H and O–H groups in total. The molecule has 92 valence electrons. The molecule has 2 atom stereocenters. The van der Waals surface area contributed by atoms with E-state index in [1.165, 1.54) is 0 Å². The van der Waals surface area contributed by atoms with Crippen LogP contribution in [0.1, 0.15) is 22.1 Å². The van der Waals surface area contributed by atoms with Crippen LogP contribution in [0.2, 0.25) is 0 Å². The number of halogens is 1. The summed E-state index contributed by atoms with van der Waals surface area (Å²) in [6.07, 6.45) is -0.328. The predicted octanol–water partition coefficient (Wildman–Crippen LogP) is 4.04. The number of alkyl halides is 1. The van der Waals surface area contributed by atoms with Crippen LogP contribution in [0, 0.1) is 0 Å². The Hall–Kier alpha value is -1.61. The minimum atomic E-state index is -0.328. The van der Waals surface area contributed by atoms with Gasteiger partial charge in [-0.3, -0.25) is 4.79 Å². The summed E-state index contributed by atoms with van der Waals surface area (Å²) in [6.45, 7) is 0.495. The van der Waals surface area contributed by atoms with Crippen molar-refractivity contribution in [3.8, 4) is 0 Å². The zero-order valence-corrected chi connectivity index (χ0v) is 11.3. The van der Waals surface area contributed by atoms with Crippen molar-refractivity contribution in [3.05, 3.63) is 71.8 Å². The summed E-state index contributed by atoms with van der Waals surface area (Å²) in [5.41, 5.74) is 2.04. The molecule has 2 aromatic carbocycles. The van der Waals surface area contributed by atoms with Gasteiger partial charge in [0.2, 0.25) is 0 Å². The Balaban J connectivity index is 2.28. The average molecular weight is 305 g/mol. The zero-order chi connectivity index (χ0) is 12.8. The van der Waals surface area contributed by atoms with Gasteiger partial charge in [-0.25, -0.2) is 0 Å². The van der Waals surface area contributed by atoms with Gasteiger partial charge < -0.3 is 4.74 Å². The molecule has 0 spiro atoms. The first kappa shape index (κ1) is 12.8. The van der Waals surface area contributed by atoms with E-state index in [2.05, 4.69) is 15.9 Å². The van der Waals surface area contributed by atoms with Crippen molar-refractivity contribution in [2.24, 2.45) is 0 Å². The minimum Gasteiger partial charge on any atom is -0.458 e. The largest absolute Gasteiger partial charge is 0.458 e. The predicted molar refractivity (Wildman–Crippen MR) is 74.4 cm³/mol. The third-order valence-electron chi connectivity index (χ3n) is 2.71. The van der Waals surface area contributed by atoms with Gasteiger partial charge in [-0.15, -0.1) is 0 Å². The van der Waals surface area contributed by atoms with E-state index in [1.54, 1.807) is 0 Å². The van der Waals surface area contributed by atoms with Crippen LogP contribution in [0.25, 0.3) is 0 Å². The van der Waals surface area contributed by atoms with E-state index in [9.17, 15) is 4.79 Å². The van der Waals surface area contributed by atoms with Crippen LogP contribution in [0.3, 0.4) is 0 Å². The van der Waals surface area contributed by atoms with Crippen molar-refractivity contribution in [1.82, 2.24) is 0 Å². The van der Waals surface area contributed by atoms with Crippen LogP contribution in [0.15, 0.2) is 60.7 Å². The summed E-state index contributed by atoms with van der Waals surface area (Å²) in [7, 11) is 0. The van der Waals surface area contributed by atoms with Crippen molar-refractivity contribution in [2.75, 3.05) is 0 Å². The lowest BCUT2D eigenvalue weighted by Crippen LogP contribution is -2.09. The molecule has 0 aromatic heterocycles.